The number of benzene rings is 1. The summed E-state index contributed by atoms with van der Waals surface area (Å²) in [5, 5.41) is 16.1. The molecule has 0 radical (unpaired) electrons. The molecule has 0 aromatic heterocycles. The summed E-state index contributed by atoms with van der Waals surface area (Å²) in [5.41, 5.74) is -0.433. The number of rotatable bonds is 5. The van der Waals surface area contributed by atoms with Crippen LogP contribution in [0.15, 0.2) is 23.1 Å². The van der Waals surface area contributed by atoms with Crippen molar-refractivity contribution in [3.63, 3.8) is 0 Å². The molecule has 2 rings (SSSR count). The summed E-state index contributed by atoms with van der Waals surface area (Å²) < 4.78 is 33.9. The molecule has 0 spiro atoms. The van der Waals surface area contributed by atoms with Crippen molar-refractivity contribution in [1.29, 1.82) is 0 Å². The summed E-state index contributed by atoms with van der Waals surface area (Å²) in [6.45, 7) is 0.653. The van der Waals surface area contributed by atoms with Crippen molar-refractivity contribution < 1.29 is 22.8 Å². The van der Waals surface area contributed by atoms with E-state index in [1.807, 2.05) is 0 Å². The highest BCUT2D eigenvalue weighted by Gasteiger charge is 2.26. The first-order chi connectivity index (χ1) is 9.89. The minimum atomic E-state index is -4.11. The smallest absolute Gasteiger partial charge is 0.312 e. The molecule has 0 aliphatic carbocycles. The van der Waals surface area contributed by atoms with Crippen LogP contribution in [0.1, 0.15) is 19.3 Å². The average molecular weight is 316 g/mol. The maximum absolute atomic E-state index is 11.5. The van der Waals surface area contributed by atoms with Gasteiger partial charge in [0, 0.05) is 12.7 Å². The van der Waals surface area contributed by atoms with Gasteiger partial charge in [-0.05, 0) is 25.3 Å². The zero-order chi connectivity index (χ0) is 15.5. The van der Waals surface area contributed by atoms with Crippen molar-refractivity contribution in [3.05, 3.63) is 28.3 Å². The van der Waals surface area contributed by atoms with Crippen LogP contribution in [0.4, 0.5) is 5.69 Å². The summed E-state index contributed by atoms with van der Waals surface area (Å²) in [6, 6.07) is 3.60. The van der Waals surface area contributed by atoms with E-state index in [1.54, 1.807) is 0 Å². The summed E-state index contributed by atoms with van der Waals surface area (Å²) in [7, 11) is -4.11. The Balaban J connectivity index is 2.28. The van der Waals surface area contributed by atoms with Crippen LogP contribution in [0.2, 0.25) is 0 Å². The second-order valence-corrected chi connectivity index (χ2v) is 6.24. The minimum absolute atomic E-state index is 0.0490. The molecule has 1 atom stereocenters. The summed E-state index contributed by atoms with van der Waals surface area (Å²) in [6.07, 6.45) is 2.51. The minimum Gasteiger partial charge on any atom is -0.483 e. The van der Waals surface area contributed by atoms with Crippen LogP contribution in [0.3, 0.4) is 0 Å². The van der Waals surface area contributed by atoms with E-state index in [0.717, 1.165) is 19.3 Å². The lowest BCUT2D eigenvalue weighted by Gasteiger charge is -2.22. The maximum atomic E-state index is 11.5. The Kier molecular flexibility index (Phi) is 4.76. The molecule has 1 aromatic carbocycles. The Bertz CT molecular complexity index is 625. The number of sulfonamides is 1. The van der Waals surface area contributed by atoms with Gasteiger partial charge < -0.3 is 9.47 Å². The molecule has 9 heteroatoms. The normalized spacial score (nSPS) is 19.2. The van der Waals surface area contributed by atoms with Gasteiger partial charge in [-0.2, -0.15) is 0 Å². The molecule has 21 heavy (non-hydrogen) atoms. The zero-order valence-electron chi connectivity index (χ0n) is 11.2. The standard InChI is InChI=1S/C12H16N2O6S/c13-21(17,18)11-6-3-5-10(14(15)16)12(11)20-8-9-4-1-2-7-19-9/h3,5-6,9H,1-2,4,7-8H2,(H2,13,17,18). The third-order valence-electron chi connectivity index (χ3n) is 3.15. The van der Waals surface area contributed by atoms with E-state index in [4.69, 9.17) is 14.6 Å². The maximum Gasteiger partial charge on any atom is 0.312 e. The van der Waals surface area contributed by atoms with Crippen LogP contribution in [0.25, 0.3) is 0 Å². The van der Waals surface area contributed by atoms with Crippen molar-refractivity contribution >= 4 is 15.7 Å². The highest BCUT2D eigenvalue weighted by molar-refractivity contribution is 7.89. The van der Waals surface area contributed by atoms with Crippen LogP contribution < -0.4 is 9.88 Å². The fraction of sp³-hybridized carbons (Fsp3) is 0.500. The number of nitro groups is 1. The molecule has 2 N–H and O–H groups in total. The number of nitro benzene ring substituents is 1. The first-order valence-electron chi connectivity index (χ1n) is 6.44. The molecule has 1 fully saturated rings. The molecular weight excluding hydrogens is 300 g/mol. The van der Waals surface area contributed by atoms with Crippen LogP contribution in [0.5, 0.6) is 5.75 Å². The monoisotopic (exact) mass is 316 g/mol. The first-order valence-corrected chi connectivity index (χ1v) is 7.99. The number of hydrogen-bond donors (Lipinski definition) is 1. The van der Waals surface area contributed by atoms with Gasteiger partial charge in [0.25, 0.3) is 0 Å². The van der Waals surface area contributed by atoms with Gasteiger partial charge in [0.15, 0.2) is 0 Å². The fourth-order valence-electron chi connectivity index (χ4n) is 2.13. The number of hydrogen-bond acceptors (Lipinski definition) is 6. The van der Waals surface area contributed by atoms with Gasteiger partial charge in [0.1, 0.15) is 11.5 Å². The van der Waals surface area contributed by atoms with Crippen molar-refractivity contribution in [2.75, 3.05) is 13.2 Å². The van der Waals surface area contributed by atoms with Crippen LogP contribution in [-0.4, -0.2) is 32.7 Å². The summed E-state index contributed by atoms with van der Waals surface area (Å²) in [5.74, 6) is -0.334. The lowest BCUT2D eigenvalue weighted by atomic mass is 10.1. The zero-order valence-corrected chi connectivity index (χ0v) is 12.0. The molecule has 0 amide bonds. The average Bonchev–Trinajstić information content (AvgIpc) is 2.44. The van der Waals surface area contributed by atoms with Gasteiger partial charge in [-0.3, -0.25) is 10.1 Å². The van der Waals surface area contributed by atoms with Gasteiger partial charge in [-0.25, -0.2) is 13.6 Å². The van der Waals surface area contributed by atoms with E-state index in [0.29, 0.717) is 6.61 Å². The summed E-state index contributed by atoms with van der Waals surface area (Å²) in [4.78, 5) is 9.91. The highest BCUT2D eigenvalue weighted by Crippen LogP contribution is 2.33. The third-order valence-corrected chi connectivity index (χ3v) is 4.08. The largest absolute Gasteiger partial charge is 0.483 e. The second kappa shape index (κ2) is 6.37. The van der Waals surface area contributed by atoms with E-state index in [2.05, 4.69) is 0 Å². The molecule has 1 aliphatic heterocycles. The Hall–Kier alpha value is -1.71. The predicted molar refractivity (Wildman–Crippen MR) is 73.6 cm³/mol. The molecule has 1 aromatic rings. The molecular formula is C12H16N2O6S. The molecule has 0 bridgehead atoms. The van der Waals surface area contributed by atoms with Crippen LogP contribution >= 0.6 is 0 Å². The number of primary sulfonamides is 1. The molecule has 1 heterocycles. The van der Waals surface area contributed by atoms with Gasteiger partial charge in [-0.1, -0.05) is 6.07 Å². The number of nitrogens with two attached hydrogens (primary N) is 1. The fourth-order valence-corrected chi connectivity index (χ4v) is 2.82. The van der Waals surface area contributed by atoms with E-state index >= 15 is 0 Å². The number of nitrogens with zero attached hydrogens (tertiary/aromatic N) is 1. The van der Waals surface area contributed by atoms with Gasteiger partial charge in [-0.15, -0.1) is 0 Å². The predicted octanol–water partition coefficient (Wildman–Crippen LogP) is 1.19. The van der Waals surface area contributed by atoms with Gasteiger partial charge >= 0.3 is 5.69 Å². The lowest BCUT2D eigenvalue weighted by Crippen LogP contribution is -2.26. The molecule has 0 saturated carbocycles. The molecule has 1 saturated heterocycles. The Labute approximate surface area is 122 Å². The second-order valence-electron chi connectivity index (χ2n) is 4.71. The van der Waals surface area contributed by atoms with Crippen molar-refractivity contribution in [2.24, 2.45) is 5.14 Å². The van der Waals surface area contributed by atoms with Crippen molar-refractivity contribution in [1.82, 2.24) is 0 Å². The first kappa shape index (κ1) is 15.7. The lowest BCUT2D eigenvalue weighted by molar-refractivity contribution is -0.386. The molecule has 1 aliphatic rings. The highest BCUT2D eigenvalue weighted by atomic mass is 32.2. The number of ether oxygens (including phenoxy) is 2. The third kappa shape index (κ3) is 3.90. The Morgan fingerprint density at radius 1 is 1.43 bits per heavy atom. The Morgan fingerprint density at radius 2 is 2.19 bits per heavy atom. The van der Waals surface area contributed by atoms with Gasteiger partial charge in [0.2, 0.25) is 15.8 Å². The van der Waals surface area contributed by atoms with Crippen LogP contribution in [0, 0.1) is 10.1 Å². The molecule has 116 valence electrons. The van der Waals surface area contributed by atoms with Gasteiger partial charge in [0.05, 0.1) is 11.0 Å². The number of para-hydroxylation sites is 1. The van der Waals surface area contributed by atoms with Crippen molar-refractivity contribution in [3.8, 4) is 5.75 Å². The summed E-state index contributed by atoms with van der Waals surface area (Å²) >= 11 is 0. The van der Waals surface area contributed by atoms with E-state index < -0.39 is 25.5 Å². The van der Waals surface area contributed by atoms with E-state index in [9.17, 15) is 18.5 Å². The molecule has 1 unspecified atom stereocenters. The van der Waals surface area contributed by atoms with Crippen molar-refractivity contribution in [2.45, 2.75) is 30.3 Å². The topological polar surface area (TPSA) is 122 Å². The molecule has 8 nitrogen and oxygen atoms in total. The van der Waals surface area contributed by atoms with E-state index in [-0.39, 0.29) is 18.5 Å². The van der Waals surface area contributed by atoms with Crippen LogP contribution in [-0.2, 0) is 14.8 Å². The van der Waals surface area contributed by atoms with E-state index in [1.165, 1.54) is 18.2 Å². The SMILES string of the molecule is NS(=O)(=O)c1cccc([N+](=O)[O-])c1OCC1CCCCO1. The quantitative estimate of drug-likeness (QED) is 0.643. The Morgan fingerprint density at radius 3 is 2.76 bits per heavy atom.